The molecule has 0 unspecified atom stereocenters. The summed E-state index contributed by atoms with van der Waals surface area (Å²) in [5.41, 5.74) is -0.0236. The number of aromatic nitrogens is 1. The Morgan fingerprint density at radius 3 is 2.20 bits per heavy atom. The van der Waals surface area contributed by atoms with Crippen LogP contribution in [0.15, 0.2) is 24.4 Å². The first-order valence-electron chi connectivity index (χ1n) is 5.25. The zero-order valence-electron chi connectivity index (χ0n) is 9.77. The molecule has 0 saturated carbocycles. The summed E-state index contributed by atoms with van der Waals surface area (Å²) < 4.78 is 0. The molecule has 1 N–H and O–H groups in total. The van der Waals surface area contributed by atoms with Crippen molar-refractivity contribution in [2.45, 2.75) is 39.0 Å². The molecule has 0 amide bonds. The molecule has 0 spiro atoms. The second-order valence-electron chi connectivity index (χ2n) is 4.22. The molecule has 84 valence electrons. The molecule has 1 aromatic rings. The van der Waals surface area contributed by atoms with E-state index in [-0.39, 0.29) is 0 Å². The summed E-state index contributed by atoms with van der Waals surface area (Å²) >= 11 is 3.40. The minimum atomic E-state index is -1.27. The molecule has 15 heavy (non-hydrogen) atoms. The van der Waals surface area contributed by atoms with E-state index in [0.29, 0.717) is 11.3 Å². The van der Waals surface area contributed by atoms with E-state index in [2.05, 4.69) is 52.9 Å². The van der Waals surface area contributed by atoms with Gasteiger partial charge < -0.3 is 0 Å². The predicted molar refractivity (Wildman–Crippen MR) is 70.8 cm³/mol. The van der Waals surface area contributed by atoms with E-state index in [0.717, 1.165) is 5.82 Å². The number of nitrogens with one attached hydrogen (secondary N) is 1. The second-order valence-corrected chi connectivity index (χ2v) is 11.7. The van der Waals surface area contributed by atoms with E-state index in [1.807, 2.05) is 24.4 Å². The maximum absolute atomic E-state index is 4.33. The molecule has 0 saturated heterocycles. The molecule has 2 nitrogen and oxygen atoms in total. The maximum atomic E-state index is 4.33. The summed E-state index contributed by atoms with van der Waals surface area (Å²) in [6, 6.07) is 5.98. The van der Waals surface area contributed by atoms with Gasteiger partial charge in [-0.05, 0) is 0 Å². The van der Waals surface area contributed by atoms with E-state index in [4.69, 9.17) is 0 Å². The van der Waals surface area contributed by atoms with Crippen LogP contribution in [0.2, 0.25) is 0 Å². The Balaban J connectivity index is 2.91. The number of rotatable bonds is 4. The number of hydrogen-bond acceptors (Lipinski definition) is 2. The van der Waals surface area contributed by atoms with E-state index < -0.39 is 5.66 Å². The van der Waals surface area contributed by atoms with Crippen molar-refractivity contribution in [1.82, 2.24) is 4.98 Å². The van der Waals surface area contributed by atoms with Crippen molar-refractivity contribution in [3.05, 3.63) is 24.4 Å². The summed E-state index contributed by atoms with van der Waals surface area (Å²) in [5.74, 6) is 0.979. The fourth-order valence-electron chi connectivity index (χ4n) is 1.46. The third-order valence-corrected chi connectivity index (χ3v) is 12.0. The van der Waals surface area contributed by atoms with Crippen LogP contribution in [-0.4, -0.2) is 31.4 Å². The molecule has 4 heteroatoms. The first-order chi connectivity index (χ1) is 6.97. The van der Waals surface area contributed by atoms with E-state index >= 15 is 0 Å². The Hall–Kier alpha value is -0.101. The minimum absolute atomic E-state index is 0.625. The number of hydrogen-bond donors (Lipinski definition) is 1. The van der Waals surface area contributed by atoms with Gasteiger partial charge in [-0.2, -0.15) is 0 Å². The Kier molecular flexibility index (Phi) is 4.58. The topological polar surface area (TPSA) is 24.9 Å². The van der Waals surface area contributed by atoms with Gasteiger partial charge in [-0.1, -0.05) is 0 Å². The molecule has 0 aliphatic carbocycles. The Bertz CT molecular complexity index is 337. The molecule has 0 aliphatic rings. The molecular weight excluding hydrogens is 270 g/mol. The standard InChI is InChI=1S/C11H19N2PSe/c1-9(2)14(15,10(3)4)13-11-7-5-6-8-12-11/h5-10H,1-4H3,(H,12,13,15). The molecule has 0 aromatic carbocycles. The fourth-order valence-corrected chi connectivity index (χ4v) is 4.25. The molecular formula is C11H19N2PSe. The van der Waals surface area contributed by atoms with Crippen molar-refractivity contribution in [2.24, 2.45) is 0 Å². The zero-order valence-corrected chi connectivity index (χ0v) is 12.4. The van der Waals surface area contributed by atoms with Crippen molar-refractivity contribution >= 4 is 26.6 Å². The number of pyridine rings is 1. The van der Waals surface area contributed by atoms with Crippen LogP contribution >= 0.6 is 5.66 Å². The van der Waals surface area contributed by atoms with Crippen LogP contribution in [0.1, 0.15) is 27.7 Å². The van der Waals surface area contributed by atoms with Crippen LogP contribution in [0, 0.1) is 0 Å². The molecule has 0 aliphatic heterocycles. The van der Waals surface area contributed by atoms with Crippen LogP contribution in [0.5, 0.6) is 0 Å². The summed E-state index contributed by atoms with van der Waals surface area (Å²) in [6.07, 6.45) is 1.83. The predicted octanol–water partition coefficient (Wildman–Crippen LogP) is 3.33. The van der Waals surface area contributed by atoms with Gasteiger partial charge in [0, 0.05) is 0 Å². The van der Waals surface area contributed by atoms with E-state index in [1.165, 1.54) is 0 Å². The second kappa shape index (κ2) is 5.30. The average molecular weight is 289 g/mol. The van der Waals surface area contributed by atoms with Gasteiger partial charge in [0.1, 0.15) is 0 Å². The van der Waals surface area contributed by atoms with Crippen LogP contribution in [0.3, 0.4) is 0 Å². The van der Waals surface area contributed by atoms with Crippen molar-refractivity contribution in [3.63, 3.8) is 0 Å². The molecule has 0 atom stereocenters. The third kappa shape index (κ3) is 3.17. The van der Waals surface area contributed by atoms with Gasteiger partial charge in [0.2, 0.25) is 0 Å². The summed E-state index contributed by atoms with van der Waals surface area (Å²) in [6.45, 7) is 9.06. The van der Waals surface area contributed by atoms with E-state index in [9.17, 15) is 0 Å². The zero-order chi connectivity index (χ0) is 11.5. The quantitative estimate of drug-likeness (QED) is 0.679. The Morgan fingerprint density at radius 2 is 1.80 bits per heavy atom. The molecule has 0 bridgehead atoms. The third-order valence-electron chi connectivity index (χ3n) is 2.49. The van der Waals surface area contributed by atoms with Crippen LogP contribution in [-0.2, 0) is 0 Å². The molecule has 1 aromatic heterocycles. The van der Waals surface area contributed by atoms with Crippen molar-refractivity contribution in [3.8, 4) is 0 Å². The first-order valence-corrected chi connectivity index (χ1v) is 9.40. The average Bonchev–Trinajstić information content (AvgIpc) is 2.18. The van der Waals surface area contributed by atoms with Gasteiger partial charge in [0.25, 0.3) is 0 Å². The molecule has 0 radical (unpaired) electrons. The molecule has 1 heterocycles. The van der Waals surface area contributed by atoms with E-state index in [1.54, 1.807) is 0 Å². The van der Waals surface area contributed by atoms with Crippen LogP contribution in [0.25, 0.3) is 0 Å². The first kappa shape index (κ1) is 13.0. The summed E-state index contributed by atoms with van der Waals surface area (Å²) in [5, 5.41) is 3.60. The number of anilines is 1. The molecule has 0 fully saturated rings. The monoisotopic (exact) mass is 290 g/mol. The number of nitrogens with zero attached hydrogens (tertiary/aromatic N) is 1. The summed E-state index contributed by atoms with van der Waals surface area (Å²) in [7, 11) is 0. The van der Waals surface area contributed by atoms with Gasteiger partial charge in [-0.15, -0.1) is 0 Å². The van der Waals surface area contributed by atoms with Crippen molar-refractivity contribution in [1.29, 1.82) is 0 Å². The van der Waals surface area contributed by atoms with Gasteiger partial charge in [0.15, 0.2) is 0 Å². The Morgan fingerprint density at radius 1 is 1.20 bits per heavy atom. The van der Waals surface area contributed by atoms with Gasteiger partial charge in [0.05, 0.1) is 0 Å². The van der Waals surface area contributed by atoms with Gasteiger partial charge in [-0.3, -0.25) is 0 Å². The van der Waals surface area contributed by atoms with Crippen molar-refractivity contribution < 1.29 is 0 Å². The van der Waals surface area contributed by atoms with Crippen LogP contribution in [0.4, 0.5) is 5.82 Å². The van der Waals surface area contributed by atoms with Gasteiger partial charge in [-0.25, -0.2) is 0 Å². The van der Waals surface area contributed by atoms with Crippen LogP contribution < -0.4 is 5.09 Å². The van der Waals surface area contributed by atoms with Crippen molar-refractivity contribution in [2.75, 3.05) is 5.09 Å². The SMILES string of the molecule is CC(C)P(=[Se])(Nc1ccccn1)C(C)C. The van der Waals surface area contributed by atoms with Gasteiger partial charge >= 0.3 is 100 Å². The normalized spacial score (nSPS) is 12.1. The summed E-state index contributed by atoms with van der Waals surface area (Å²) in [4.78, 5) is 4.33. The Labute approximate surface area is 100 Å². The molecule has 1 rings (SSSR count). The fraction of sp³-hybridized carbons (Fsp3) is 0.545.